The van der Waals surface area contributed by atoms with Gasteiger partial charge in [-0.1, -0.05) is 18.2 Å². The first-order valence-corrected chi connectivity index (χ1v) is 15.6. The fraction of sp³-hybridized carbons (Fsp3) is 0.433. The number of carbonyl (C=O) groups excluding carboxylic acids is 2. The predicted molar refractivity (Wildman–Crippen MR) is 147 cm³/mol. The third-order valence-electron chi connectivity index (χ3n) is 9.22. The van der Waals surface area contributed by atoms with Crippen molar-refractivity contribution in [3.05, 3.63) is 83.2 Å². The Morgan fingerprint density at radius 2 is 1.67 bits per heavy atom. The Bertz CT molecular complexity index is 1780. The van der Waals surface area contributed by atoms with E-state index in [1.165, 1.54) is 6.07 Å². The molecule has 0 bridgehead atoms. The number of halogens is 8. The zero-order valence-electron chi connectivity index (χ0n) is 24.2. The molecule has 2 aromatic carbocycles. The van der Waals surface area contributed by atoms with E-state index in [9.17, 15) is 53.1 Å². The van der Waals surface area contributed by atoms with Gasteiger partial charge in [0.15, 0.2) is 9.84 Å². The van der Waals surface area contributed by atoms with Crippen molar-refractivity contribution >= 4 is 21.7 Å². The van der Waals surface area contributed by atoms with Crippen LogP contribution >= 0.6 is 0 Å². The summed E-state index contributed by atoms with van der Waals surface area (Å²) in [6, 6.07) is 6.43. The Balaban J connectivity index is 1.53. The smallest absolute Gasteiger partial charge is 0.348 e. The van der Waals surface area contributed by atoms with Crippen molar-refractivity contribution in [3.8, 4) is 0 Å². The minimum atomic E-state index is -5.24. The van der Waals surface area contributed by atoms with Crippen LogP contribution < -0.4 is 5.32 Å². The Kier molecular flexibility index (Phi) is 8.14. The van der Waals surface area contributed by atoms with Gasteiger partial charge in [-0.15, -0.1) is 0 Å². The topological polar surface area (TPSA) is 98.1 Å². The van der Waals surface area contributed by atoms with Gasteiger partial charge in [0.2, 0.25) is 5.67 Å². The molecule has 0 radical (unpaired) electrons. The fourth-order valence-electron chi connectivity index (χ4n) is 6.86. The monoisotopic (exact) mass is 677 g/mol. The lowest BCUT2D eigenvalue weighted by Gasteiger charge is -2.43. The molecule has 0 spiro atoms. The maximum absolute atomic E-state index is 14.9. The number of imidazole rings is 1. The molecule has 7 nitrogen and oxygen atoms in total. The zero-order chi connectivity index (χ0) is 34.0. The van der Waals surface area contributed by atoms with E-state index in [0.717, 1.165) is 36.4 Å². The highest BCUT2D eigenvalue weighted by molar-refractivity contribution is 7.92. The first-order valence-electron chi connectivity index (χ1n) is 14.1. The summed E-state index contributed by atoms with van der Waals surface area (Å²) in [4.78, 5) is 27.8. The minimum absolute atomic E-state index is 0.0462. The summed E-state index contributed by atoms with van der Waals surface area (Å²) >= 11 is 0. The molecular formula is C30H27F8N3O4S. The molecule has 2 aliphatic rings. The Labute approximate surface area is 257 Å². The lowest BCUT2D eigenvalue weighted by molar-refractivity contribution is -0.228. The highest BCUT2D eigenvalue weighted by Crippen LogP contribution is 2.60. The average Bonchev–Trinajstić information content (AvgIpc) is 3.62. The Morgan fingerprint density at radius 3 is 2.28 bits per heavy atom. The number of sulfone groups is 1. The van der Waals surface area contributed by atoms with Crippen LogP contribution in [0, 0.1) is 17.7 Å². The molecule has 1 amide bonds. The van der Waals surface area contributed by atoms with E-state index in [1.807, 2.05) is 0 Å². The first kappa shape index (κ1) is 33.5. The maximum atomic E-state index is 14.9. The number of nitrogens with one attached hydrogen (secondary N) is 1. The Morgan fingerprint density at radius 1 is 1.02 bits per heavy atom. The van der Waals surface area contributed by atoms with E-state index in [-0.39, 0.29) is 46.3 Å². The van der Waals surface area contributed by atoms with Crippen LogP contribution in [0.15, 0.2) is 59.9 Å². The van der Waals surface area contributed by atoms with Crippen molar-refractivity contribution < 1.29 is 53.1 Å². The molecule has 1 heterocycles. The van der Waals surface area contributed by atoms with Crippen molar-refractivity contribution in [2.45, 2.75) is 73.2 Å². The van der Waals surface area contributed by atoms with Crippen LogP contribution in [-0.4, -0.2) is 48.2 Å². The molecule has 0 saturated heterocycles. The molecule has 1 aromatic heterocycles. The molecule has 0 aliphatic heterocycles. The van der Waals surface area contributed by atoms with Crippen molar-refractivity contribution in [2.24, 2.45) is 11.8 Å². The third kappa shape index (κ3) is 5.37. The second-order valence-corrected chi connectivity index (χ2v) is 14.0. The third-order valence-corrected chi connectivity index (χ3v) is 11.8. The van der Waals surface area contributed by atoms with Gasteiger partial charge >= 0.3 is 18.3 Å². The van der Waals surface area contributed by atoms with Crippen LogP contribution in [0.4, 0.5) is 35.1 Å². The number of hydrogen-bond acceptors (Lipinski definition) is 5. The second kappa shape index (κ2) is 11.2. The van der Waals surface area contributed by atoms with Crippen LogP contribution in [0.3, 0.4) is 0 Å². The second-order valence-electron chi connectivity index (χ2n) is 11.8. The van der Waals surface area contributed by atoms with Gasteiger partial charge in [-0.3, -0.25) is 14.2 Å². The number of fused-ring (bicyclic) bond motifs is 3. The van der Waals surface area contributed by atoms with Gasteiger partial charge in [0, 0.05) is 12.2 Å². The highest BCUT2D eigenvalue weighted by Gasteiger charge is 2.61. The molecule has 5 atom stereocenters. The number of alkyl halides is 7. The van der Waals surface area contributed by atoms with Gasteiger partial charge in [0.05, 0.1) is 4.90 Å². The molecule has 1 N–H and O–H groups in total. The quantitative estimate of drug-likeness (QED) is 0.240. The normalized spacial score (nSPS) is 23.6. The molecule has 1 saturated carbocycles. The van der Waals surface area contributed by atoms with Gasteiger partial charge in [0.1, 0.15) is 22.6 Å². The van der Waals surface area contributed by atoms with E-state index in [4.69, 9.17) is 0 Å². The zero-order valence-corrected chi connectivity index (χ0v) is 25.0. The van der Waals surface area contributed by atoms with Crippen LogP contribution in [0.5, 0.6) is 0 Å². The lowest BCUT2D eigenvalue weighted by Crippen LogP contribution is -2.48. The molecular weight excluding hydrogens is 650 g/mol. The van der Waals surface area contributed by atoms with Crippen molar-refractivity contribution in [2.75, 3.05) is 0 Å². The van der Waals surface area contributed by atoms with Gasteiger partial charge in [-0.05, 0) is 92.3 Å². The molecule has 2 unspecified atom stereocenters. The molecule has 248 valence electrons. The molecule has 5 rings (SSSR count). The number of aromatic nitrogens is 2. The standard InChI is InChI=1S/C30H27F8N3O4S/c1-16(40-25(42)24-14-41(15-39-24)26(43)29(33,34)35)21-11-12-28(46(44,45)20-7-5-19(31)6-8-20)22-10-4-18(27(2,32)30(36,37)38)13-17(22)3-9-23(21)28/h4-8,10,13-16,21,23H,3,9,11-12H2,1-2H3,(H,40,42)/t16?,21-,23-,27?,28+/m0/s1. The van der Waals surface area contributed by atoms with E-state index in [1.54, 1.807) is 6.92 Å². The average molecular weight is 678 g/mol. The number of carbonyl (C=O) groups is 2. The van der Waals surface area contributed by atoms with Gasteiger partial charge in [-0.25, -0.2) is 22.2 Å². The van der Waals surface area contributed by atoms with E-state index in [2.05, 4.69) is 10.3 Å². The summed E-state index contributed by atoms with van der Waals surface area (Å²) in [7, 11) is -4.39. The van der Waals surface area contributed by atoms with Gasteiger partial charge < -0.3 is 5.32 Å². The fourth-order valence-corrected chi connectivity index (χ4v) is 9.34. The highest BCUT2D eigenvalue weighted by atomic mass is 32.2. The van der Waals surface area contributed by atoms with E-state index < -0.39 is 79.4 Å². The van der Waals surface area contributed by atoms with Crippen molar-refractivity contribution in [3.63, 3.8) is 0 Å². The maximum Gasteiger partial charge on any atom is 0.472 e. The number of aryl methyl sites for hydroxylation is 1. The Hall–Kier alpha value is -3.82. The number of benzene rings is 2. The summed E-state index contributed by atoms with van der Waals surface area (Å²) in [5, 5.41) is 2.62. The largest absolute Gasteiger partial charge is 0.472 e. The summed E-state index contributed by atoms with van der Waals surface area (Å²) in [6.07, 6.45) is -8.94. The van der Waals surface area contributed by atoms with Crippen LogP contribution in [0.25, 0.3) is 0 Å². The first-order chi connectivity index (χ1) is 21.2. The van der Waals surface area contributed by atoms with Gasteiger partial charge in [-0.2, -0.15) is 26.3 Å². The van der Waals surface area contributed by atoms with E-state index >= 15 is 0 Å². The number of nitrogens with zero attached hydrogens (tertiary/aromatic N) is 2. The molecule has 46 heavy (non-hydrogen) atoms. The van der Waals surface area contributed by atoms with Crippen molar-refractivity contribution in [1.29, 1.82) is 0 Å². The molecule has 3 aromatic rings. The molecule has 16 heteroatoms. The predicted octanol–water partition coefficient (Wildman–Crippen LogP) is 6.43. The number of hydrogen-bond donors (Lipinski definition) is 1. The van der Waals surface area contributed by atoms with Crippen LogP contribution in [-0.2, 0) is 26.7 Å². The van der Waals surface area contributed by atoms with Crippen molar-refractivity contribution in [1.82, 2.24) is 14.9 Å². The molecule has 2 aliphatic carbocycles. The van der Waals surface area contributed by atoms with Crippen LogP contribution in [0.1, 0.15) is 65.1 Å². The van der Waals surface area contributed by atoms with E-state index in [0.29, 0.717) is 19.4 Å². The molecule has 1 fully saturated rings. The number of amides is 1. The summed E-state index contributed by atoms with van der Waals surface area (Å²) < 4.78 is 135. The van der Waals surface area contributed by atoms with Gasteiger partial charge in [0.25, 0.3) is 5.91 Å². The number of rotatable bonds is 6. The lowest BCUT2D eigenvalue weighted by atomic mass is 9.71. The SMILES string of the molecule is CC(NC(=O)c1cn(C(=O)C(F)(F)F)cn1)[C@@H]1CC[C@@]2(S(=O)(=O)c3ccc(F)cc3)c3ccc(C(C)(F)C(F)(F)F)cc3CC[C@@H]12. The minimum Gasteiger partial charge on any atom is -0.348 e. The summed E-state index contributed by atoms with van der Waals surface area (Å²) in [5.74, 6) is -5.18. The summed E-state index contributed by atoms with van der Waals surface area (Å²) in [5.41, 5.74) is -4.50. The summed E-state index contributed by atoms with van der Waals surface area (Å²) in [6.45, 7) is 1.95. The van der Waals surface area contributed by atoms with Crippen LogP contribution in [0.2, 0.25) is 0 Å².